The van der Waals surface area contributed by atoms with Crippen LogP contribution in [0.25, 0.3) is 0 Å². The van der Waals surface area contributed by atoms with Gasteiger partial charge in [0.05, 0.1) is 0 Å². The first-order valence-electron chi connectivity index (χ1n) is 9.91. The quantitative estimate of drug-likeness (QED) is 0.465. The van der Waals surface area contributed by atoms with E-state index in [1.54, 1.807) is 0 Å². The molecule has 3 atom stereocenters. The molecule has 2 bridgehead atoms. The number of nitrogens with one attached hydrogen (secondary N) is 1. The number of ether oxygens (including phenoxy) is 2. The van der Waals surface area contributed by atoms with Crippen LogP contribution in [-0.2, 0) is 26.2 Å². The van der Waals surface area contributed by atoms with Crippen molar-refractivity contribution in [2.75, 3.05) is 13.3 Å². The largest absolute Gasteiger partial charge is 0.457 e. The SMILES string of the molecule is CC(=O)OCOc1ccc2c(c1)[C@]13CCCC[C@@H]1[C@H](C2)NCC3.O=CC(F)(F)F. The fourth-order valence-corrected chi connectivity index (χ4v) is 5.17. The van der Waals surface area contributed by atoms with E-state index >= 15 is 0 Å². The summed E-state index contributed by atoms with van der Waals surface area (Å²) >= 11 is 0. The van der Waals surface area contributed by atoms with Crippen molar-refractivity contribution < 1.29 is 32.2 Å². The van der Waals surface area contributed by atoms with Crippen molar-refractivity contribution >= 4 is 12.3 Å². The summed E-state index contributed by atoms with van der Waals surface area (Å²) in [4.78, 5) is 19.6. The van der Waals surface area contributed by atoms with E-state index in [2.05, 4.69) is 17.4 Å². The van der Waals surface area contributed by atoms with Crippen LogP contribution in [0.15, 0.2) is 18.2 Å². The molecule has 0 spiro atoms. The van der Waals surface area contributed by atoms with Crippen molar-refractivity contribution in [1.82, 2.24) is 5.32 Å². The van der Waals surface area contributed by atoms with Crippen LogP contribution in [0, 0.1) is 5.92 Å². The second-order valence-electron chi connectivity index (χ2n) is 7.90. The van der Waals surface area contributed by atoms with Crippen LogP contribution in [0.5, 0.6) is 5.75 Å². The van der Waals surface area contributed by atoms with E-state index in [1.165, 1.54) is 50.2 Å². The summed E-state index contributed by atoms with van der Waals surface area (Å²) in [5, 5.41) is 3.76. The van der Waals surface area contributed by atoms with Gasteiger partial charge in [0, 0.05) is 18.4 Å². The van der Waals surface area contributed by atoms with E-state index in [1.807, 2.05) is 6.07 Å². The molecule has 1 saturated carbocycles. The molecule has 0 aromatic heterocycles. The Hall–Kier alpha value is -2.09. The van der Waals surface area contributed by atoms with Crippen molar-refractivity contribution in [3.63, 3.8) is 0 Å². The standard InChI is InChI=1S/C19H25NO3.C2HF3O/c1-13(21)22-12-23-15-6-5-14-10-18-16-4-2-3-7-19(16,8-9-20-18)17(14)11-15;3-2(4,5)1-6/h5-6,11,16,18,20H,2-4,7-10,12H2,1H3;1H/t16-,18+,19+;/m1./s1. The third-order valence-electron chi connectivity index (χ3n) is 6.24. The van der Waals surface area contributed by atoms with Gasteiger partial charge in [-0.05, 0) is 61.4 Å². The Bertz CT molecular complexity index is 748. The minimum absolute atomic E-state index is 0.00523. The van der Waals surface area contributed by atoms with Crippen molar-refractivity contribution in [3.8, 4) is 5.75 Å². The molecular formula is C21H26F3NO4. The third kappa shape index (κ3) is 4.91. The number of fused-ring (bicyclic) bond motifs is 1. The van der Waals surface area contributed by atoms with Crippen LogP contribution < -0.4 is 10.1 Å². The van der Waals surface area contributed by atoms with E-state index in [4.69, 9.17) is 14.3 Å². The predicted molar refractivity (Wildman–Crippen MR) is 99.6 cm³/mol. The third-order valence-corrected chi connectivity index (χ3v) is 6.24. The van der Waals surface area contributed by atoms with Crippen molar-refractivity contribution in [1.29, 1.82) is 0 Å². The molecule has 2 fully saturated rings. The fraction of sp³-hybridized carbons (Fsp3) is 0.619. The van der Waals surface area contributed by atoms with Gasteiger partial charge in [-0.25, -0.2) is 0 Å². The van der Waals surface area contributed by atoms with Gasteiger partial charge in [-0.1, -0.05) is 18.9 Å². The molecule has 0 amide bonds. The Kier molecular flexibility index (Phi) is 6.51. The van der Waals surface area contributed by atoms with Crippen molar-refractivity contribution in [2.45, 2.75) is 63.1 Å². The van der Waals surface area contributed by atoms with E-state index in [0.29, 0.717) is 11.5 Å². The van der Waals surface area contributed by atoms with Gasteiger partial charge >= 0.3 is 12.1 Å². The first kappa shape index (κ1) is 21.6. The highest BCUT2D eigenvalue weighted by molar-refractivity contribution is 5.65. The number of halogens is 3. The van der Waals surface area contributed by atoms with Crippen LogP contribution in [-0.4, -0.2) is 37.8 Å². The normalized spacial score (nSPS) is 27.4. The van der Waals surface area contributed by atoms with Crippen molar-refractivity contribution in [2.24, 2.45) is 5.92 Å². The monoisotopic (exact) mass is 413 g/mol. The Morgan fingerprint density at radius 3 is 2.76 bits per heavy atom. The first-order valence-corrected chi connectivity index (χ1v) is 9.91. The van der Waals surface area contributed by atoms with Gasteiger partial charge < -0.3 is 14.8 Å². The zero-order valence-corrected chi connectivity index (χ0v) is 16.4. The van der Waals surface area contributed by atoms with Crippen LogP contribution in [0.2, 0.25) is 0 Å². The number of carbonyl (C=O) groups is 2. The van der Waals surface area contributed by atoms with Gasteiger partial charge in [0.2, 0.25) is 13.1 Å². The van der Waals surface area contributed by atoms with Gasteiger partial charge in [0.1, 0.15) is 5.75 Å². The van der Waals surface area contributed by atoms with Gasteiger partial charge in [0.15, 0.2) is 0 Å². The number of hydrogen-bond donors (Lipinski definition) is 1. The summed E-state index contributed by atoms with van der Waals surface area (Å²) in [5.41, 5.74) is 3.31. The Balaban J connectivity index is 0.000000353. The van der Waals surface area contributed by atoms with Gasteiger partial charge in [-0.3, -0.25) is 9.59 Å². The van der Waals surface area contributed by atoms with Gasteiger partial charge in [-0.2, -0.15) is 13.2 Å². The highest BCUT2D eigenvalue weighted by Gasteiger charge is 2.51. The van der Waals surface area contributed by atoms with E-state index in [0.717, 1.165) is 24.6 Å². The topological polar surface area (TPSA) is 64.6 Å². The Morgan fingerprint density at radius 2 is 2.07 bits per heavy atom. The second kappa shape index (κ2) is 8.73. The van der Waals surface area contributed by atoms with Crippen LogP contribution in [0.4, 0.5) is 13.2 Å². The molecular weight excluding hydrogens is 387 g/mol. The number of hydrogen-bond acceptors (Lipinski definition) is 5. The van der Waals surface area contributed by atoms with E-state index in [-0.39, 0.29) is 12.8 Å². The number of benzene rings is 1. The molecule has 0 radical (unpaired) electrons. The molecule has 1 aromatic rings. The molecule has 4 rings (SSSR count). The molecule has 1 saturated heterocycles. The predicted octanol–water partition coefficient (Wildman–Crippen LogP) is 3.68. The maximum atomic E-state index is 10.9. The van der Waals surface area contributed by atoms with Gasteiger partial charge in [-0.15, -0.1) is 0 Å². The summed E-state index contributed by atoms with van der Waals surface area (Å²) in [7, 11) is 0. The number of carbonyl (C=O) groups excluding carboxylic acids is 2. The summed E-state index contributed by atoms with van der Waals surface area (Å²) < 4.78 is 41.8. The molecule has 160 valence electrons. The zero-order valence-electron chi connectivity index (χ0n) is 16.4. The number of rotatable bonds is 3. The molecule has 29 heavy (non-hydrogen) atoms. The molecule has 2 aliphatic carbocycles. The maximum Gasteiger partial charge on any atom is 0.446 e. The molecule has 1 aromatic carbocycles. The maximum absolute atomic E-state index is 10.9. The first-order chi connectivity index (χ1) is 13.7. The van der Waals surface area contributed by atoms with Gasteiger partial charge in [0.25, 0.3) is 0 Å². The van der Waals surface area contributed by atoms with Crippen molar-refractivity contribution in [3.05, 3.63) is 29.3 Å². The summed E-state index contributed by atoms with van der Waals surface area (Å²) in [6.45, 7) is 2.52. The average Bonchev–Trinajstić information content (AvgIpc) is 2.68. The summed E-state index contributed by atoms with van der Waals surface area (Å²) in [6, 6.07) is 7.09. The highest BCUT2D eigenvalue weighted by atomic mass is 19.4. The smallest absolute Gasteiger partial charge is 0.446 e. The van der Waals surface area contributed by atoms with E-state index in [9.17, 15) is 18.0 Å². The molecule has 0 unspecified atom stereocenters. The fourth-order valence-electron chi connectivity index (χ4n) is 5.17. The molecule has 1 aliphatic heterocycles. The minimum Gasteiger partial charge on any atom is -0.457 e. The average molecular weight is 413 g/mol. The van der Waals surface area contributed by atoms with Crippen LogP contribution in [0.1, 0.15) is 50.2 Å². The van der Waals surface area contributed by atoms with Crippen LogP contribution >= 0.6 is 0 Å². The van der Waals surface area contributed by atoms with Crippen LogP contribution in [0.3, 0.4) is 0 Å². The zero-order chi connectivity index (χ0) is 21.1. The van der Waals surface area contributed by atoms with E-state index < -0.39 is 12.5 Å². The second-order valence-corrected chi connectivity index (χ2v) is 7.90. The molecule has 1 heterocycles. The molecule has 8 heteroatoms. The number of alkyl halides is 3. The highest BCUT2D eigenvalue weighted by Crippen LogP contribution is 2.54. The lowest BCUT2D eigenvalue weighted by atomic mass is 9.53. The number of piperidine rings is 1. The molecule has 3 aliphatic rings. The summed E-state index contributed by atoms with van der Waals surface area (Å²) in [6.07, 6.45) is 2.00. The molecule has 5 nitrogen and oxygen atoms in total. The number of esters is 1. The minimum atomic E-state index is -4.64. The Labute approximate surface area is 167 Å². The summed E-state index contributed by atoms with van der Waals surface area (Å²) in [5.74, 6) is 1.27. The Morgan fingerprint density at radius 1 is 1.31 bits per heavy atom. The lowest BCUT2D eigenvalue weighted by molar-refractivity contribution is -0.156. The number of aldehydes is 1. The molecule has 1 N–H and O–H groups in total. The lowest BCUT2D eigenvalue weighted by Crippen LogP contribution is -2.59. The lowest BCUT2D eigenvalue weighted by Gasteiger charge is -2.56.